The van der Waals surface area contributed by atoms with Crippen LogP contribution in [0.2, 0.25) is 0 Å². The Morgan fingerprint density at radius 3 is 2.25 bits per heavy atom. The Kier molecular flexibility index (Phi) is 5.26. The minimum absolute atomic E-state index is 0.402. The number of benzene rings is 1. The van der Waals surface area contributed by atoms with Gasteiger partial charge in [-0.25, -0.2) is 0 Å². The molecule has 20 heavy (non-hydrogen) atoms. The number of nitrogens with one attached hydrogen (secondary N) is 1. The Hall–Kier alpha value is -0.820. The summed E-state index contributed by atoms with van der Waals surface area (Å²) in [5.74, 6) is 0.744. The predicted octanol–water partition coefficient (Wildman–Crippen LogP) is 4.60. The second-order valence-electron chi connectivity index (χ2n) is 7.73. The molecule has 0 aliphatic heterocycles. The Morgan fingerprint density at radius 2 is 1.70 bits per heavy atom. The third-order valence-corrected chi connectivity index (χ3v) is 4.20. The monoisotopic (exact) mass is 273 g/mol. The molecule has 1 aromatic carbocycles. The molecule has 1 aliphatic rings. The van der Waals surface area contributed by atoms with Crippen molar-refractivity contribution in [3.63, 3.8) is 0 Å². The molecule has 1 fully saturated rings. The van der Waals surface area contributed by atoms with Gasteiger partial charge < -0.3 is 5.32 Å². The summed E-state index contributed by atoms with van der Waals surface area (Å²) in [7, 11) is 0. The van der Waals surface area contributed by atoms with Crippen LogP contribution in [-0.2, 0) is 12.8 Å². The zero-order valence-corrected chi connectivity index (χ0v) is 13.7. The number of hydrogen-bond acceptors (Lipinski definition) is 1. The normalized spacial score (nSPS) is 15.8. The first-order chi connectivity index (χ1) is 9.44. The molecule has 1 heteroatoms. The Balaban J connectivity index is 1.77. The lowest BCUT2D eigenvalue weighted by Crippen LogP contribution is -2.31. The largest absolute Gasteiger partial charge is 0.313 e. The van der Waals surface area contributed by atoms with Gasteiger partial charge in [-0.3, -0.25) is 0 Å². The highest BCUT2D eigenvalue weighted by molar-refractivity contribution is 5.23. The Labute approximate surface area is 125 Å². The van der Waals surface area contributed by atoms with Crippen molar-refractivity contribution in [2.24, 2.45) is 11.3 Å². The van der Waals surface area contributed by atoms with Gasteiger partial charge >= 0.3 is 0 Å². The number of rotatable bonds is 8. The molecular formula is C19H31N. The SMILES string of the molecule is CC(C)Cc1ccc(CCC(C)(C)CNC2CC2)cc1. The van der Waals surface area contributed by atoms with Crippen LogP contribution in [0.4, 0.5) is 0 Å². The minimum Gasteiger partial charge on any atom is -0.313 e. The second kappa shape index (κ2) is 6.76. The fourth-order valence-electron chi connectivity index (χ4n) is 2.59. The first-order valence-electron chi connectivity index (χ1n) is 8.26. The van der Waals surface area contributed by atoms with Crippen molar-refractivity contribution in [1.82, 2.24) is 5.32 Å². The van der Waals surface area contributed by atoms with Crippen molar-refractivity contribution < 1.29 is 0 Å². The lowest BCUT2D eigenvalue weighted by atomic mass is 9.86. The molecule has 0 bridgehead atoms. The molecule has 1 N–H and O–H groups in total. The molecule has 0 amide bonds. The summed E-state index contributed by atoms with van der Waals surface area (Å²) < 4.78 is 0. The predicted molar refractivity (Wildman–Crippen MR) is 88.1 cm³/mol. The minimum atomic E-state index is 0.402. The van der Waals surface area contributed by atoms with E-state index in [1.165, 1.54) is 43.2 Å². The van der Waals surface area contributed by atoms with Crippen LogP contribution in [0.25, 0.3) is 0 Å². The summed E-state index contributed by atoms with van der Waals surface area (Å²) in [5.41, 5.74) is 3.36. The number of hydrogen-bond donors (Lipinski definition) is 1. The highest BCUT2D eigenvalue weighted by Crippen LogP contribution is 2.25. The zero-order valence-electron chi connectivity index (χ0n) is 13.7. The van der Waals surface area contributed by atoms with Crippen LogP contribution < -0.4 is 5.32 Å². The van der Waals surface area contributed by atoms with E-state index in [0.717, 1.165) is 18.5 Å². The van der Waals surface area contributed by atoms with Gasteiger partial charge in [0.1, 0.15) is 0 Å². The van der Waals surface area contributed by atoms with Gasteiger partial charge in [0.25, 0.3) is 0 Å². The Bertz CT molecular complexity index is 398. The Morgan fingerprint density at radius 1 is 1.10 bits per heavy atom. The van der Waals surface area contributed by atoms with E-state index in [2.05, 4.69) is 57.3 Å². The maximum Gasteiger partial charge on any atom is 0.00684 e. The van der Waals surface area contributed by atoms with Gasteiger partial charge in [0.15, 0.2) is 0 Å². The van der Waals surface area contributed by atoms with Crippen LogP contribution in [0, 0.1) is 11.3 Å². The van der Waals surface area contributed by atoms with Gasteiger partial charge in [-0.15, -0.1) is 0 Å². The first-order valence-corrected chi connectivity index (χ1v) is 8.26. The van der Waals surface area contributed by atoms with E-state index in [1.807, 2.05) is 0 Å². The van der Waals surface area contributed by atoms with E-state index in [-0.39, 0.29) is 0 Å². The topological polar surface area (TPSA) is 12.0 Å². The van der Waals surface area contributed by atoms with E-state index < -0.39 is 0 Å². The first kappa shape index (κ1) is 15.6. The van der Waals surface area contributed by atoms with Gasteiger partial charge in [-0.05, 0) is 54.6 Å². The summed E-state index contributed by atoms with van der Waals surface area (Å²) in [6.07, 6.45) is 6.41. The average Bonchev–Trinajstić information content (AvgIpc) is 3.19. The summed E-state index contributed by atoms with van der Waals surface area (Å²) in [6, 6.07) is 10.1. The van der Waals surface area contributed by atoms with E-state index in [9.17, 15) is 0 Å². The maximum atomic E-state index is 3.66. The van der Waals surface area contributed by atoms with Gasteiger partial charge in [-0.2, -0.15) is 0 Å². The maximum absolute atomic E-state index is 3.66. The molecule has 0 atom stereocenters. The van der Waals surface area contributed by atoms with Crippen molar-refractivity contribution >= 4 is 0 Å². The molecule has 1 nitrogen and oxygen atoms in total. The summed E-state index contributed by atoms with van der Waals surface area (Å²) >= 11 is 0. The van der Waals surface area contributed by atoms with Crippen molar-refractivity contribution in [2.45, 2.75) is 65.8 Å². The van der Waals surface area contributed by atoms with Crippen LogP contribution >= 0.6 is 0 Å². The van der Waals surface area contributed by atoms with Crippen LogP contribution in [-0.4, -0.2) is 12.6 Å². The molecule has 1 aliphatic carbocycles. The smallest absolute Gasteiger partial charge is 0.00684 e. The third kappa shape index (κ3) is 5.66. The van der Waals surface area contributed by atoms with Crippen molar-refractivity contribution in [2.75, 3.05) is 6.54 Å². The van der Waals surface area contributed by atoms with Crippen molar-refractivity contribution in [3.05, 3.63) is 35.4 Å². The molecule has 0 spiro atoms. The molecule has 0 aromatic heterocycles. The van der Waals surface area contributed by atoms with Crippen LogP contribution in [0.15, 0.2) is 24.3 Å². The number of aryl methyl sites for hydroxylation is 1. The van der Waals surface area contributed by atoms with Crippen molar-refractivity contribution in [1.29, 1.82) is 0 Å². The van der Waals surface area contributed by atoms with Crippen LogP contribution in [0.3, 0.4) is 0 Å². The lowest BCUT2D eigenvalue weighted by Gasteiger charge is -2.25. The highest BCUT2D eigenvalue weighted by atomic mass is 15.0. The summed E-state index contributed by atoms with van der Waals surface area (Å²) in [5, 5.41) is 3.66. The molecule has 0 radical (unpaired) electrons. The zero-order chi connectivity index (χ0) is 14.6. The summed E-state index contributed by atoms with van der Waals surface area (Å²) in [6.45, 7) is 10.5. The summed E-state index contributed by atoms with van der Waals surface area (Å²) in [4.78, 5) is 0. The van der Waals surface area contributed by atoms with Gasteiger partial charge in [-0.1, -0.05) is 52.0 Å². The van der Waals surface area contributed by atoms with Gasteiger partial charge in [0.2, 0.25) is 0 Å². The molecule has 0 saturated heterocycles. The van der Waals surface area contributed by atoms with Gasteiger partial charge in [0, 0.05) is 12.6 Å². The van der Waals surface area contributed by atoms with E-state index in [1.54, 1.807) is 0 Å². The van der Waals surface area contributed by atoms with Crippen molar-refractivity contribution in [3.8, 4) is 0 Å². The van der Waals surface area contributed by atoms with E-state index >= 15 is 0 Å². The quantitative estimate of drug-likeness (QED) is 0.730. The molecule has 0 heterocycles. The molecule has 112 valence electrons. The molecular weight excluding hydrogens is 242 g/mol. The lowest BCUT2D eigenvalue weighted by molar-refractivity contribution is 0.313. The van der Waals surface area contributed by atoms with E-state index in [4.69, 9.17) is 0 Å². The van der Waals surface area contributed by atoms with Gasteiger partial charge in [0.05, 0.1) is 0 Å². The van der Waals surface area contributed by atoms with Crippen LogP contribution in [0.5, 0.6) is 0 Å². The standard InChI is InChI=1S/C19H31N/c1-15(2)13-17-7-5-16(6-8-17)11-12-19(3,4)14-20-18-9-10-18/h5-8,15,18,20H,9-14H2,1-4H3. The van der Waals surface area contributed by atoms with E-state index in [0.29, 0.717) is 5.41 Å². The fraction of sp³-hybridized carbons (Fsp3) is 0.684. The molecule has 0 unspecified atom stereocenters. The second-order valence-corrected chi connectivity index (χ2v) is 7.73. The highest BCUT2D eigenvalue weighted by Gasteiger charge is 2.24. The molecule has 2 rings (SSSR count). The van der Waals surface area contributed by atoms with Crippen LogP contribution in [0.1, 0.15) is 58.1 Å². The molecule has 1 saturated carbocycles. The fourth-order valence-corrected chi connectivity index (χ4v) is 2.59. The molecule has 1 aromatic rings. The third-order valence-electron chi connectivity index (χ3n) is 4.20. The average molecular weight is 273 g/mol.